The number of aromatic nitrogens is 1. The van der Waals surface area contributed by atoms with Gasteiger partial charge in [0.25, 0.3) is 5.91 Å². The molecule has 1 aromatic heterocycles. The van der Waals surface area contributed by atoms with Crippen molar-refractivity contribution in [3.05, 3.63) is 53.7 Å². The van der Waals surface area contributed by atoms with Crippen molar-refractivity contribution in [3.63, 3.8) is 0 Å². The Morgan fingerprint density at radius 2 is 1.89 bits per heavy atom. The first-order valence-electron chi connectivity index (χ1n) is 8.79. The van der Waals surface area contributed by atoms with Gasteiger partial charge in [0.2, 0.25) is 0 Å². The molecule has 144 valence electrons. The molecule has 1 N–H and O–H groups in total. The predicted octanol–water partition coefficient (Wildman–Crippen LogP) is 3.62. The third kappa shape index (κ3) is 4.77. The Hall–Kier alpha value is -2.61. The van der Waals surface area contributed by atoms with Crippen LogP contribution in [0.15, 0.2) is 42.6 Å². The van der Waals surface area contributed by atoms with Gasteiger partial charge in [0.15, 0.2) is 0 Å². The Bertz CT molecular complexity index is 784. The van der Waals surface area contributed by atoms with Crippen LogP contribution in [0.2, 0.25) is 0 Å². The lowest BCUT2D eigenvalue weighted by molar-refractivity contribution is -0.137. The molecule has 1 aliphatic heterocycles. The average Bonchev–Trinajstić information content (AvgIpc) is 2.68. The summed E-state index contributed by atoms with van der Waals surface area (Å²) in [6.07, 6.45) is -2.95. The second-order valence-electron chi connectivity index (χ2n) is 6.36. The molecule has 27 heavy (non-hydrogen) atoms. The third-order valence-corrected chi connectivity index (χ3v) is 4.58. The number of anilines is 2. The molecule has 3 rings (SSSR count). The number of rotatable bonds is 4. The topological polar surface area (TPSA) is 48.5 Å². The molecule has 0 unspecified atom stereocenters. The molecule has 0 spiro atoms. The van der Waals surface area contributed by atoms with Crippen molar-refractivity contribution in [3.8, 4) is 0 Å². The summed E-state index contributed by atoms with van der Waals surface area (Å²) < 4.78 is 38.4. The molecule has 0 bridgehead atoms. The van der Waals surface area contributed by atoms with Crippen molar-refractivity contribution in [2.45, 2.75) is 13.1 Å². The lowest BCUT2D eigenvalue weighted by Gasteiger charge is -2.34. The average molecular weight is 378 g/mol. The molecule has 2 heterocycles. The fourth-order valence-corrected chi connectivity index (χ4v) is 2.97. The molecule has 1 saturated heterocycles. The minimum Gasteiger partial charge on any atom is -0.340 e. The van der Waals surface area contributed by atoms with Crippen LogP contribution in [0, 0.1) is 0 Å². The van der Waals surface area contributed by atoms with Gasteiger partial charge in [0.1, 0.15) is 5.82 Å². The predicted molar refractivity (Wildman–Crippen MR) is 97.0 cm³/mol. The first-order chi connectivity index (χ1) is 12.9. The van der Waals surface area contributed by atoms with Gasteiger partial charge in [0, 0.05) is 38.1 Å². The molecule has 0 atom stereocenters. The fraction of sp³-hybridized carbons (Fsp3) is 0.368. The standard InChI is InChI=1S/C19H21F3N4O/c1-2-25-8-10-26(11-9-25)18(27)14-6-7-17(23-13-14)24-16-5-3-4-15(12-16)19(20,21)22/h3-7,12-13H,2,8-11H2,1H3,(H,23,24). The number of hydrogen-bond donors (Lipinski definition) is 1. The summed E-state index contributed by atoms with van der Waals surface area (Å²) in [6, 6.07) is 8.13. The zero-order chi connectivity index (χ0) is 19.4. The van der Waals surface area contributed by atoms with Gasteiger partial charge in [-0.2, -0.15) is 13.2 Å². The first kappa shape index (κ1) is 19.2. The normalized spacial score (nSPS) is 15.6. The molecule has 0 aliphatic carbocycles. The van der Waals surface area contributed by atoms with E-state index in [0.717, 1.165) is 31.8 Å². The Kier molecular flexibility index (Phi) is 5.65. The van der Waals surface area contributed by atoms with Crippen LogP contribution in [-0.2, 0) is 6.18 Å². The molecule has 5 nitrogen and oxygen atoms in total. The van der Waals surface area contributed by atoms with E-state index in [2.05, 4.69) is 22.1 Å². The minimum absolute atomic E-state index is 0.0797. The van der Waals surface area contributed by atoms with E-state index in [1.807, 2.05) is 0 Å². The number of halogens is 3. The van der Waals surface area contributed by atoms with Crippen molar-refractivity contribution in [1.29, 1.82) is 0 Å². The number of nitrogens with zero attached hydrogens (tertiary/aromatic N) is 3. The number of carbonyl (C=O) groups is 1. The molecule has 1 aliphatic rings. The highest BCUT2D eigenvalue weighted by Gasteiger charge is 2.30. The maximum atomic E-state index is 12.8. The minimum atomic E-state index is -4.40. The van der Waals surface area contributed by atoms with Crippen molar-refractivity contribution in [2.75, 3.05) is 38.0 Å². The molecule has 8 heteroatoms. The first-order valence-corrected chi connectivity index (χ1v) is 8.79. The van der Waals surface area contributed by atoms with Gasteiger partial charge in [-0.1, -0.05) is 13.0 Å². The number of hydrogen-bond acceptors (Lipinski definition) is 4. The maximum Gasteiger partial charge on any atom is 0.416 e. The summed E-state index contributed by atoms with van der Waals surface area (Å²) >= 11 is 0. The SMILES string of the molecule is CCN1CCN(C(=O)c2ccc(Nc3cccc(C(F)(F)F)c3)nc2)CC1. The molecule has 1 fully saturated rings. The Morgan fingerprint density at radius 3 is 2.48 bits per heavy atom. The summed E-state index contributed by atoms with van der Waals surface area (Å²) in [7, 11) is 0. The highest BCUT2D eigenvalue weighted by atomic mass is 19.4. The number of amides is 1. The summed E-state index contributed by atoms with van der Waals surface area (Å²) in [5, 5.41) is 2.83. The molecule has 0 radical (unpaired) electrons. The molecule has 2 aromatic rings. The van der Waals surface area contributed by atoms with Gasteiger partial charge >= 0.3 is 6.18 Å². The lowest BCUT2D eigenvalue weighted by atomic mass is 10.2. The maximum absolute atomic E-state index is 12.8. The van der Waals surface area contributed by atoms with Crippen LogP contribution >= 0.6 is 0 Å². The van der Waals surface area contributed by atoms with Crippen LogP contribution in [0.5, 0.6) is 0 Å². The van der Waals surface area contributed by atoms with Gasteiger partial charge in [-0.15, -0.1) is 0 Å². The molecule has 0 saturated carbocycles. The Morgan fingerprint density at radius 1 is 1.15 bits per heavy atom. The summed E-state index contributed by atoms with van der Waals surface area (Å²) in [5.74, 6) is 0.297. The Labute approximate surface area is 155 Å². The van der Waals surface area contributed by atoms with E-state index < -0.39 is 11.7 Å². The van der Waals surface area contributed by atoms with Crippen LogP contribution in [0.25, 0.3) is 0 Å². The highest BCUT2D eigenvalue weighted by molar-refractivity contribution is 5.94. The highest BCUT2D eigenvalue weighted by Crippen LogP contribution is 2.31. The number of carbonyl (C=O) groups excluding carboxylic acids is 1. The zero-order valence-electron chi connectivity index (χ0n) is 15.0. The molecule has 1 aromatic carbocycles. The fourth-order valence-electron chi connectivity index (χ4n) is 2.97. The number of likely N-dealkylation sites (N-methyl/N-ethyl adjacent to an activating group) is 1. The summed E-state index contributed by atoms with van der Waals surface area (Å²) in [4.78, 5) is 20.8. The van der Waals surface area contributed by atoms with Crippen molar-refractivity contribution in [2.24, 2.45) is 0 Å². The van der Waals surface area contributed by atoms with Crippen LogP contribution in [0.1, 0.15) is 22.8 Å². The van der Waals surface area contributed by atoms with Gasteiger partial charge in [0.05, 0.1) is 11.1 Å². The lowest BCUT2D eigenvalue weighted by Crippen LogP contribution is -2.48. The molecular formula is C19H21F3N4O. The smallest absolute Gasteiger partial charge is 0.340 e. The largest absolute Gasteiger partial charge is 0.416 e. The van der Waals surface area contributed by atoms with E-state index in [1.54, 1.807) is 17.0 Å². The van der Waals surface area contributed by atoms with Gasteiger partial charge in [-0.3, -0.25) is 4.79 Å². The second kappa shape index (κ2) is 7.96. The summed E-state index contributed by atoms with van der Waals surface area (Å²) in [6.45, 7) is 6.13. The molecular weight excluding hydrogens is 357 g/mol. The number of benzene rings is 1. The number of pyridine rings is 1. The van der Waals surface area contributed by atoms with Crippen LogP contribution in [0.3, 0.4) is 0 Å². The second-order valence-corrected chi connectivity index (χ2v) is 6.36. The van der Waals surface area contributed by atoms with E-state index in [-0.39, 0.29) is 11.6 Å². The van der Waals surface area contributed by atoms with Crippen LogP contribution in [-0.4, -0.2) is 53.4 Å². The van der Waals surface area contributed by atoms with Crippen LogP contribution in [0.4, 0.5) is 24.7 Å². The summed E-state index contributed by atoms with van der Waals surface area (Å²) in [5.41, 5.74) is 0.0205. The zero-order valence-corrected chi connectivity index (χ0v) is 15.0. The van der Waals surface area contributed by atoms with E-state index in [4.69, 9.17) is 0 Å². The van der Waals surface area contributed by atoms with Crippen molar-refractivity contribution in [1.82, 2.24) is 14.8 Å². The van der Waals surface area contributed by atoms with E-state index >= 15 is 0 Å². The number of piperazine rings is 1. The quantitative estimate of drug-likeness (QED) is 0.883. The van der Waals surface area contributed by atoms with Gasteiger partial charge < -0.3 is 15.1 Å². The van der Waals surface area contributed by atoms with Gasteiger partial charge in [-0.25, -0.2) is 4.98 Å². The van der Waals surface area contributed by atoms with E-state index in [9.17, 15) is 18.0 Å². The van der Waals surface area contributed by atoms with E-state index in [1.165, 1.54) is 18.3 Å². The van der Waals surface area contributed by atoms with Crippen molar-refractivity contribution < 1.29 is 18.0 Å². The number of nitrogens with one attached hydrogen (secondary N) is 1. The number of alkyl halides is 3. The van der Waals surface area contributed by atoms with E-state index in [0.29, 0.717) is 24.5 Å². The van der Waals surface area contributed by atoms with Crippen molar-refractivity contribution >= 4 is 17.4 Å². The molecule has 1 amide bonds. The Balaban J connectivity index is 1.65. The van der Waals surface area contributed by atoms with Crippen LogP contribution < -0.4 is 5.32 Å². The monoisotopic (exact) mass is 378 g/mol. The third-order valence-electron chi connectivity index (χ3n) is 4.58. The van der Waals surface area contributed by atoms with Gasteiger partial charge in [-0.05, 0) is 36.9 Å².